The fourth-order valence-corrected chi connectivity index (χ4v) is 1.56. The Labute approximate surface area is 108 Å². The normalized spacial score (nSPS) is 14.6. The Morgan fingerprint density at radius 3 is 2.20 bits per heavy atom. The Bertz CT molecular complexity index is 159. The molecule has 0 aromatic heterocycles. The first-order valence-corrected chi connectivity index (χ1v) is 6.34. The molecule has 0 N–H and O–H groups in total. The molecule has 0 rings (SSSR count). The molecule has 0 heterocycles. The van der Waals surface area contributed by atoms with E-state index in [1.807, 2.05) is 19.0 Å². The molecule has 92 valence electrons. The second-order valence-electron chi connectivity index (χ2n) is 3.87. The number of halogens is 3. The van der Waals surface area contributed by atoms with Gasteiger partial charge in [-0.3, -0.25) is 0 Å². The first-order valence-electron chi connectivity index (χ1n) is 5.21. The zero-order valence-corrected chi connectivity index (χ0v) is 11.9. The van der Waals surface area contributed by atoms with E-state index in [1.54, 1.807) is 0 Å². The largest absolute Gasteiger partial charge is 0.372 e. The second-order valence-corrected chi connectivity index (χ2v) is 6.24. The summed E-state index contributed by atoms with van der Waals surface area (Å²) in [6.07, 6.45) is 2.96. The van der Waals surface area contributed by atoms with Gasteiger partial charge >= 0.3 is 0 Å². The molecule has 0 saturated carbocycles. The van der Waals surface area contributed by atoms with Crippen LogP contribution >= 0.6 is 34.8 Å². The van der Waals surface area contributed by atoms with Crippen molar-refractivity contribution in [2.45, 2.75) is 36.1 Å². The fourth-order valence-electron chi connectivity index (χ4n) is 1.16. The van der Waals surface area contributed by atoms with Gasteiger partial charge in [-0.25, -0.2) is 0 Å². The van der Waals surface area contributed by atoms with Crippen LogP contribution in [0.1, 0.15) is 26.2 Å². The summed E-state index contributed by atoms with van der Waals surface area (Å²) >= 11 is 17.5. The highest BCUT2D eigenvalue weighted by atomic mass is 35.6. The van der Waals surface area contributed by atoms with Gasteiger partial charge in [0, 0.05) is 13.2 Å². The van der Waals surface area contributed by atoms with Crippen LogP contribution in [0.5, 0.6) is 0 Å². The second kappa shape index (κ2) is 7.97. The number of likely N-dealkylation sites (N-methyl/N-ethyl adjacent to an activating group) is 1. The predicted octanol–water partition coefficient (Wildman–Crippen LogP) is 3.49. The zero-order valence-electron chi connectivity index (χ0n) is 9.60. The van der Waals surface area contributed by atoms with Crippen LogP contribution in [0, 0.1) is 0 Å². The van der Waals surface area contributed by atoms with E-state index in [0.717, 1.165) is 19.3 Å². The van der Waals surface area contributed by atoms with Crippen LogP contribution < -0.4 is 0 Å². The van der Waals surface area contributed by atoms with Crippen LogP contribution in [-0.2, 0) is 4.74 Å². The molecule has 0 radical (unpaired) electrons. The summed E-state index contributed by atoms with van der Waals surface area (Å²) in [4.78, 5) is 1.95. The number of nitrogens with zero attached hydrogens (tertiary/aromatic N) is 1. The number of rotatable bonds is 7. The van der Waals surface area contributed by atoms with Crippen molar-refractivity contribution in [3.63, 3.8) is 0 Å². The number of unbranched alkanes of at least 4 members (excludes halogenated alkanes) is 2. The third-order valence-electron chi connectivity index (χ3n) is 1.96. The van der Waals surface area contributed by atoms with E-state index >= 15 is 0 Å². The van der Waals surface area contributed by atoms with Gasteiger partial charge < -0.3 is 9.64 Å². The highest BCUT2D eigenvalue weighted by Gasteiger charge is 2.33. The molecule has 15 heavy (non-hydrogen) atoms. The fraction of sp³-hybridized carbons (Fsp3) is 1.00. The standard InChI is InChI=1S/C10H20Cl3NO/c1-4-5-6-7-15-9(8-14(2)3)10(11,12)13/h9H,4-8H2,1-3H3/t9-/m0/s1. The Balaban J connectivity index is 3.92. The molecule has 0 aromatic carbocycles. The quantitative estimate of drug-likeness (QED) is 0.521. The van der Waals surface area contributed by atoms with Gasteiger partial charge in [0.15, 0.2) is 0 Å². The Kier molecular flexibility index (Phi) is 8.39. The summed E-state index contributed by atoms with van der Waals surface area (Å²) < 4.78 is 4.23. The van der Waals surface area contributed by atoms with E-state index in [4.69, 9.17) is 39.5 Å². The molecule has 0 aliphatic rings. The molecule has 0 fully saturated rings. The third kappa shape index (κ3) is 8.58. The summed E-state index contributed by atoms with van der Waals surface area (Å²) in [6.45, 7) is 3.41. The molecule has 0 saturated heterocycles. The maximum atomic E-state index is 5.84. The Hall–Kier alpha value is 0.790. The van der Waals surface area contributed by atoms with Gasteiger partial charge in [0.1, 0.15) is 6.10 Å². The summed E-state index contributed by atoms with van der Waals surface area (Å²) in [6, 6.07) is 0. The van der Waals surface area contributed by atoms with E-state index in [9.17, 15) is 0 Å². The minimum Gasteiger partial charge on any atom is -0.372 e. The van der Waals surface area contributed by atoms with Crippen LogP contribution in [0.4, 0.5) is 0 Å². The molecular formula is C10H20Cl3NO. The maximum absolute atomic E-state index is 5.84. The SMILES string of the molecule is CCCCCO[C@@H](CN(C)C)C(Cl)(Cl)Cl. The number of ether oxygens (including phenoxy) is 1. The average molecular weight is 277 g/mol. The van der Waals surface area contributed by atoms with Crippen molar-refractivity contribution in [2.24, 2.45) is 0 Å². The third-order valence-corrected chi connectivity index (χ3v) is 2.69. The molecule has 0 aromatic rings. The van der Waals surface area contributed by atoms with Gasteiger partial charge in [0.2, 0.25) is 3.79 Å². The lowest BCUT2D eigenvalue weighted by Gasteiger charge is -2.27. The van der Waals surface area contributed by atoms with Crippen LogP contribution in [0.2, 0.25) is 0 Å². The first kappa shape index (κ1) is 15.8. The van der Waals surface area contributed by atoms with E-state index in [1.165, 1.54) is 0 Å². The number of hydrogen-bond acceptors (Lipinski definition) is 2. The number of hydrogen-bond donors (Lipinski definition) is 0. The summed E-state index contributed by atoms with van der Waals surface area (Å²) in [5.41, 5.74) is 0. The Morgan fingerprint density at radius 2 is 1.80 bits per heavy atom. The van der Waals surface area contributed by atoms with Crippen molar-refractivity contribution in [3.8, 4) is 0 Å². The van der Waals surface area contributed by atoms with Gasteiger partial charge in [-0.2, -0.15) is 0 Å². The van der Waals surface area contributed by atoms with Gasteiger partial charge in [0.25, 0.3) is 0 Å². The minimum absolute atomic E-state index is 0.366. The molecule has 0 aliphatic carbocycles. The van der Waals surface area contributed by atoms with Gasteiger partial charge in [0.05, 0.1) is 0 Å². The van der Waals surface area contributed by atoms with Crippen molar-refractivity contribution in [3.05, 3.63) is 0 Å². The van der Waals surface area contributed by atoms with E-state index in [2.05, 4.69) is 6.92 Å². The minimum atomic E-state index is -1.35. The maximum Gasteiger partial charge on any atom is 0.217 e. The van der Waals surface area contributed by atoms with E-state index in [-0.39, 0.29) is 6.10 Å². The molecule has 0 aliphatic heterocycles. The van der Waals surface area contributed by atoms with Crippen molar-refractivity contribution in [1.29, 1.82) is 0 Å². The molecule has 5 heteroatoms. The summed E-state index contributed by atoms with van der Waals surface area (Å²) in [7, 11) is 3.86. The molecule has 0 spiro atoms. The molecular weight excluding hydrogens is 256 g/mol. The monoisotopic (exact) mass is 275 g/mol. The van der Waals surface area contributed by atoms with Gasteiger partial charge in [-0.15, -0.1) is 0 Å². The van der Waals surface area contributed by atoms with E-state index in [0.29, 0.717) is 13.2 Å². The zero-order chi connectivity index (χ0) is 11.9. The molecule has 2 nitrogen and oxygen atoms in total. The van der Waals surface area contributed by atoms with Crippen LogP contribution in [0.15, 0.2) is 0 Å². The van der Waals surface area contributed by atoms with Crippen molar-refractivity contribution in [2.75, 3.05) is 27.2 Å². The molecule has 0 bridgehead atoms. The lowest BCUT2D eigenvalue weighted by molar-refractivity contribution is 0.0363. The number of alkyl halides is 3. The van der Waals surface area contributed by atoms with E-state index < -0.39 is 3.79 Å². The van der Waals surface area contributed by atoms with Crippen LogP contribution in [-0.4, -0.2) is 42.0 Å². The Morgan fingerprint density at radius 1 is 1.20 bits per heavy atom. The summed E-state index contributed by atoms with van der Waals surface area (Å²) in [5, 5.41) is 0. The highest BCUT2D eigenvalue weighted by molar-refractivity contribution is 6.68. The van der Waals surface area contributed by atoms with Gasteiger partial charge in [-0.05, 0) is 20.5 Å². The molecule has 0 amide bonds. The lowest BCUT2D eigenvalue weighted by Crippen LogP contribution is -2.38. The highest BCUT2D eigenvalue weighted by Crippen LogP contribution is 2.32. The smallest absolute Gasteiger partial charge is 0.217 e. The average Bonchev–Trinajstić information content (AvgIpc) is 2.08. The van der Waals surface area contributed by atoms with Gasteiger partial charge in [-0.1, -0.05) is 54.6 Å². The summed E-state index contributed by atoms with van der Waals surface area (Å²) in [5.74, 6) is 0. The van der Waals surface area contributed by atoms with Crippen molar-refractivity contribution >= 4 is 34.8 Å². The lowest BCUT2D eigenvalue weighted by atomic mass is 10.2. The van der Waals surface area contributed by atoms with Crippen LogP contribution in [0.3, 0.4) is 0 Å². The van der Waals surface area contributed by atoms with Crippen molar-refractivity contribution in [1.82, 2.24) is 4.90 Å². The molecule has 1 atom stereocenters. The van der Waals surface area contributed by atoms with Crippen LogP contribution in [0.25, 0.3) is 0 Å². The molecule has 0 unspecified atom stereocenters. The first-order chi connectivity index (χ1) is 6.88. The van der Waals surface area contributed by atoms with Crippen molar-refractivity contribution < 1.29 is 4.74 Å². The topological polar surface area (TPSA) is 12.5 Å². The predicted molar refractivity (Wildman–Crippen MR) is 68.1 cm³/mol.